The fourth-order valence-electron chi connectivity index (χ4n) is 3.24. The molecule has 2 amide bonds. The van der Waals surface area contributed by atoms with Crippen molar-refractivity contribution >= 4 is 39.2 Å². The minimum absolute atomic E-state index is 0.0885. The Hall–Kier alpha value is -2.95. The van der Waals surface area contributed by atoms with E-state index in [4.69, 9.17) is 22.1 Å². The Labute approximate surface area is 190 Å². The molecule has 2 aromatic rings. The van der Waals surface area contributed by atoms with Crippen LogP contribution in [-0.2, 0) is 14.8 Å². The van der Waals surface area contributed by atoms with Gasteiger partial charge in [-0.15, -0.1) is 0 Å². The van der Waals surface area contributed by atoms with Crippen LogP contribution in [0.4, 0.5) is 0 Å². The van der Waals surface area contributed by atoms with E-state index in [9.17, 15) is 22.8 Å². The van der Waals surface area contributed by atoms with Gasteiger partial charge in [0.2, 0.25) is 10.0 Å². The Morgan fingerprint density at radius 2 is 1.66 bits per heavy atom. The lowest BCUT2D eigenvalue weighted by atomic mass is 10.2. The third kappa shape index (κ3) is 5.26. The molecule has 2 aromatic carbocycles. The molecule has 11 heteroatoms. The second-order valence-electron chi connectivity index (χ2n) is 7.16. The van der Waals surface area contributed by atoms with Crippen molar-refractivity contribution in [2.45, 2.75) is 11.8 Å². The van der Waals surface area contributed by atoms with E-state index in [2.05, 4.69) is 0 Å². The zero-order valence-corrected chi connectivity index (χ0v) is 18.9. The molecule has 1 saturated heterocycles. The number of ketones is 1. The van der Waals surface area contributed by atoms with E-state index in [1.54, 1.807) is 0 Å². The van der Waals surface area contributed by atoms with Gasteiger partial charge in [-0.3, -0.25) is 14.4 Å². The Balaban J connectivity index is 1.59. The van der Waals surface area contributed by atoms with Crippen LogP contribution in [0.3, 0.4) is 0 Å². The number of piperazine rings is 1. The van der Waals surface area contributed by atoms with Crippen molar-refractivity contribution < 1.29 is 27.5 Å². The summed E-state index contributed by atoms with van der Waals surface area (Å²) in [6.45, 7) is 1.67. The van der Waals surface area contributed by atoms with Crippen molar-refractivity contribution in [1.29, 1.82) is 0 Å². The van der Waals surface area contributed by atoms with Crippen molar-refractivity contribution in [2.75, 3.05) is 32.8 Å². The van der Waals surface area contributed by atoms with Gasteiger partial charge in [0.15, 0.2) is 12.4 Å². The molecule has 0 aliphatic carbocycles. The third-order valence-electron chi connectivity index (χ3n) is 5.05. The monoisotopic (exact) mass is 479 g/mol. The second-order valence-corrected chi connectivity index (χ2v) is 9.53. The molecule has 0 saturated carbocycles. The number of halogens is 1. The van der Waals surface area contributed by atoms with Crippen molar-refractivity contribution in [3.63, 3.8) is 0 Å². The molecular weight excluding hydrogens is 458 g/mol. The first kappa shape index (κ1) is 23.7. The summed E-state index contributed by atoms with van der Waals surface area (Å²) in [4.78, 5) is 37.0. The Kier molecular flexibility index (Phi) is 7.17. The van der Waals surface area contributed by atoms with Gasteiger partial charge in [-0.1, -0.05) is 23.7 Å². The summed E-state index contributed by atoms with van der Waals surface area (Å²) in [5, 5.41) is 0.326. The fourth-order valence-corrected chi connectivity index (χ4v) is 4.82. The first-order valence-corrected chi connectivity index (χ1v) is 11.5. The molecule has 0 bridgehead atoms. The van der Waals surface area contributed by atoms with E-state index in [1.165, 1.54) is 58.6 Å². The second kappa shape index (κ2) is 9.68. The molecule has 2 N–H and O–H groups in total. The van der Waals surface area contributed by atoms with Crippen molar-refractivity contribution in [1.82, 2.24) is 9.21 Å². The van der Waals surface area contributed by atoms with Crippen molar-refractivity contribution in [2.24, 2.45) is 5.73 Å². The smallest absolute Gasteiger partial charge is 0.260 e. The number of rotatable bonds is 7. The number of carbonyl (C=O) groups is 3. The highest BCUT2D eigenvalue weighted by atomic mass is 35.5. The van der Waals surface area contributed by atoms with Gasteiger partial charge < -0.3 is 15.4 Å². The van der Waals surface area contributed by atoms with Crippen molar-refractivity contribution in [3.8, 4) is 5.75 Å². The number of hydrogen-bond acceptors (Lipinski definition) is 6. The zero-order chi connectivity index (χ0) is 23.5. The molecular formula is C21H22ClN3O6S. The topological polar surface area (TPSA) is 127 Å². The van der Waals surface area contributed by atoms with Gasteiger partial charge >= 0.3 is 0 Å². The Bertz CT molecular complexity index is 1140. The number of amides is 2. The van der Waals surface area contributed by atoms with E-state index < -0.39 is 15.9 Å². The highest BCUT2D eigenvalue weighted by Gasteiger charge is 2.30. The van der Waals surface area contributed by atoms with E-state index in [-0.39, 0.29) is 60.7 Å². The lowest BCUT2D eigenvalue weighted by Gasteiger charge is -2.34. The molecule has 170 valence electrons. The van der Waals surface area contributed by atoms with Gasteiger partial charge in [-0.05, 0) is 37.3 Å². The number of carbonyl (C=O) groups excluding carboxylic acids is 3. The quantitative estimate of drug-likeness (QED) is 0.600. The maximum absolute atomic E-state index is 12.8. The fraction of sp³-hybridized carbons (Fsp3) is 0.286. The average Bonchev–Trinajstić information content (AvgIpc) is 2.77. The maximum Gasteiger partial charge on any atom is 0.260 e. The van der Waals surface area contributed by atoms with E-state index in [0.717, 1.165) is 0 Å². The minimum Gasteiger partial charge on any atom is -0.483 e. The predicted octanol–water partition coefficient (Wildman–Crippen LogP) is 1.55. The SMILES string of the molecule is CC(=O)c1ccc(S(=O)(=O)N2CCN(C(=O)COc3cc(Cl)ccc3C(N)=O)CC2)cc1. The molecule has 0 unspecified atom stereocenters. The normalized spacial score (nSPS) is 14.8. The van der Waals surface area contributed by atoms with Crippen LogP contribution in [0.25, 0.3) is 0 Å². The van der Waals surface area contributed by atoms with Crippen LogP contribution in [0.15, 0.2) is 47.4 Å². The van der Waals surface area contributed by atoms with Gasteiger partial charge in [-0.2, -0.15) is 4.31 Å². The number of benzene rings is 2. The van der Waals surface area contributed by atoms with Gasteiger partial charge in [0, 0.05) is 36.8 Å². The largest absolute Gasteiger partial charge is 0.483 e. The molecule has 0 spiro atoms. The molecule has 1 aliphatic rings. The zero-order valence-electron chi connectivity index (χ0n) is 17.3. The summed E-state index contributed by atoms with van der Waals surface area (Å²) in [7, 11) is -3.74. The molecule has 3 rings (SSSR count). The molecule has 0 atom stereocenters. The standard InChI is InChI=1S/C21H22ClN3O6S/c1-14(26)15-2-5-17(6-3-15)32(29,30)25-10-8-24(9-11-25)20(27)13-31-19-12-16(22)4-7-18(19)21(23)28/h2-7,12H,8-11,13H2,1H3,(H2,23,28). The summed E-state index contributed by atoms with van der Waals surface area (Å²) in [6, 6.07) is 10.1. The number of nitrogens with two attached hydrogens (primary N) is 1. The summed E-state index contributed by atoms with van der Waals surface area (Å²) in [5.74, 6) is -1.11. The van der Waals surface area contributed by atoms with E-state index >= 15 is 0 Å². The lowest BCUT2D eigenvalue weighted by Crippen LogP contribution is -2.51. The Morgan fingerprint density at radius 3 is 2.22 bits per heavy atom. The summed E-state index contributed by atoms with van der Waals surface area (Å²) in [6.07, 6.45) is 0. The van der Waals surface area contributed by atoms with Crippen molar-refractivity contribution in [3.05, 3.63) is 58.6 Å². The summed E-state index contributed by atoms with van der Waals surface area (Å²) >= 11 is 5.91. The predicted molar refractivity (Wildman–Crippen MR) is 117 cm³/mol. The van der Waals surface area contributed by atoms with E-state index in [1.807, 2.05) is 0 Å². The molecule has 32 heavy (non-hydrogen) atoms. The van der Waals surface area contributed by atoms with Crippen LogP contribution in [-0.4, -0.2) is 68.0 Å². The van der Waals surface area contributed by atoms with Gasteiger partial charge in [0.05, 0.1) is 10.5 Å². The molecule has 0 aromatic heterocycles. The number of hydrogen-bond donors (Lipinski definition) is 1. The average molecular weight is 480 g/mol. The van der Waals surface area contributed by atoms with Crippen LogP contribution in [0.1, 0.15) is 27.6 Å². The first-order chi connectivity index (χ1) is 15.1. The van der Waals surface area contributed by atoms with Crippen LogP contribution in [0.5, 0.6) is 5.75 Å². The number of Topliss-reactive ketones (excluding diaryl/α,β-unsaturated/α-hetero) is 1. The summed E-state index contributed by atoms with van der Waals surface area (Å²) in [5.41, 5.74) is 5.84. The van der Waals surface area contributed by atoms with Gasteiger partial charge in [-0.25, -0.2) is 8.42 Å². The molecule has 9 nitrogen and oxygen atoms in total. The van der Waals surface area contributed by atoms with Crippen LogP contribution in [0.2, 0.25) is 5.02 Å². The number of sulfonamides is 1. The molecule has 0 radical (unpaired) electrons. The van der Waals surface area contributed by atoms with E-state index in [0.29, 0.717) is 10.6 Å². The number of ether oxygens (including phenoxy) is 1. The highest BCUT2D eigenvalue weighted by Crippen LogP contribution is 2.23. The van der Waals surface area contributed by atoms with Crippen LogP contribution < -0.4 is 10.5 Å². The van der Waals surface area contributed by atoms with Gasteiger partial charge in [0.1, 0.15) is 5.75 Å². The molecule has 1 heterocycles. The maximum atomic E-state index is 12.8. The number of nitrogens with zero attached hydrogens (tertiary/aromatic N) is 2. The molecule has 1 fully saturated rings. The molecule has 1 aliphatic heterocycles. The van der Waals surface area contributed by atoms with Crippen LogP contribution >= 0.6 is 11.6 Å². The minimum atomic E-state index is -3.74. The van der Waals surface area contributed by atoms with Crippen LogP contribution in [0, 0.1) is 0 Å². The first-order valence-electron chi connectivity index (χ1n) is 9.70. The Morgan fingerprint density at radius 1 is 1.03 bits per heavy atom. The van der Waals surface area contributed by atoms with Gasteiger partial charge in [0.25, 0.3) is 11.8 Å². The third-order valence-corrected chi connectivity index (χ3v) is 7.20. The lowest BCUT2D eigenvalue weighted by molar-refractivity contribution is -0.134. The highest BCUT2D eigenvalue weighted by molar-refractivity contribution is 7.89. The number of primary amides is 1. The summed E-state index contributed by atoms with van der Waals surface area (Å²) < 4.78 is 32.4.